The number of rotatable bonds is 8. The highest BCUT2D eigenvalue weighted by Crippen LogP contribution is 2.41. The van der Waals surface area contributed by atoms with Crippen LogP contribution in [-0.4, -0.2) is 25.5 Å². The van der Waals surface area contributed by atoms with Gasteiger partial charge < -0.3 is 10.1 Å². The van der Waals surface area contributed by atoms with Crippen LogP contribution in [-0.2, 0) is 0 Å². The Hall–Kier alpha value is -0.820. The molecule has 21 heavy (non-hydrogen) atoms. The normalized spacial score (nSPS) is 13.5. The highest BCUT2D eigenvalue weighted by Gasteiger charge is 2.50. The van der Waals surface area contributed by atoms with Gasteiger partial charge in [-0.2, -0.15) is 8.78 Å². The Morgan fingerprint density at radius 2 is 1.95 bits per heavy atom. The number of ether oxygens (including phenoxy) is 1. The van der Waals surface area contributed by atoms with Crippen LogP contribution in [0.2, 0.25) is 0 Å². The van der Waals surface area contributed by atoms with Crippen molar-refractivity contribution in [3.05, 3.63) is 28.2 Å². The second kappa shape index (κ2) is 7.98. The first kappa shape index (κ1) is 18.2. The molecule has 0 amide bonds. The van der Waals surface area contributed by atoms with Crippen LogP contribution < -0.4 is 10.1 Å². The van der Waals surface area contributed by atoms with E-state index in [1.807, 2.05) is 0 Å². The first-order valence-electron chi connectivity index (χ1n) is 6.66. The van der Waals surface area contributed by atoms with Gasteiger partial charge in [-0.15, -0.1) is 0 Å². The highest BCUT2D eigenvalue weighted by atomic mass is 79.9. The molecular formula is C14H18BrF4NO. The van der Waals surface area contributed by atoms with Gasteiger partial charge in [0.15, 0.2) is 0 Å². The lowest BCUT2D eigenvalue weighted by Gasteiger charge is -2.29. The third-order valence-corrected chi connectivity index (χ3v) is 3.35. The summed E-state index contributed by atoms with van der Waals surface area (Å²) in [5, 5.41) is 2.50. The molecule has 1 aromatic carbocycles. The summed E-state index contributed by atoms with van der Waals surface area (Å²) in [6, 6.07) is 2.68. The monoisotopic (exact) mass is 371 g/mol. The molecule has 0 aliphatic rings. The average molecular weight is 372 g/mol. The lowest BCUT2D eigenvalue weighted by atomic mass is 9.99. The van der Waals surface area contributed by atoms with E-state index in [-0.39, 0.29) is 24.5 Å². The van der Waals surface area contributed by atoms with Crippen molar-refractivity contribution < 1.29 is 22.3 Å². The Kier molecular flexibility index (Phi) is 6.93. The van der Waals surface area contributed by atoms with Crippen LogP contribution in [0, 0.1) is 0 Å². The summed E-state index contributed by atoms with van der Waals surface area (Å²) in [4.78, 5) is 0. The summed E-state index contributed by atoms with van der Waals surface area (Å²) in [6.45, 7) is 3.93. The predicted molar refractivity (Wildman–Crippen MR) is 77.3 cm³/mol. The van der Waals surface area contributed by atoms with Crippen molar-refractivity contribution in [2.24, 2.45) is 0 Å². The first-order valence-corrected chi connectivity index (χ1v) is 7.45. The number of hydrogen-bond donors (Lipinski definition) is 1. The maximum absolute atomic E-state index is 13.9. The number of halogens is 5. The van der Waals surface area contributed by atoms with Gasteiger partial charge in [0.05, 0.1) is 6.61 Å². The molecular weight excluding hydrogens is 354 g/mol. The summed E-state index contributed by atoms with van der Waals surface area (Å²) in [7, 11) is 0. The van der Waals surface area contributed by atoms with Crippen LogP contribution in [0.25, 0.3) is 0 Å². The molecule has 7 heteroatoms. The summed E-state index contributed by atoms with van der Waals surface area (Å²) < 4.78 is 59.1. The number of hydrogen-bond acceptors (Lipinski definition) is 2. The molecule has 120 valence electrons. The van der Waals surface area contributed by atoms with Crippen LogP contribution >= 0.6 is 15.9 Å². The van der Waals surface area contributed by atoms with Crippen LogP contribution in [0.15, 0.2) is 22.7 Å². The second-order valence-electron chi connectivity index (χ2n) is 4.48. The quantitative estimate of drug-likeness (QED) is 0.663. The molecule has 0 heterocycles. The van der Waals surface area contributed by atoms with Gasteiger partial charge in [0.1, 0.15) is 11.8 Å². The van der Waals surface area contributed by atoms with Crippen LogP contribution in [0.5, 0.6) is 5.75 Å². The zero-order valence-electron chi connectivity index (χ0n) is 11.8. The summed E-state index contributed by atoms with van der Waals surface area (Å²) in [6.07, 6.45) is -3.21. The Labute approximate surface area is 130 Å². The van der Waals surface area contributed by atoms with Gasteiger partial charge in [-0.05, 0) is 38.1 Å². The predicted octanol–water partition coefficient (Wildman–Crippen LogP) is 4.79. The van der Waals surface area contributed by atoms with E-state index in [9.17, 15) is 17.6 Å². The van der Waals surface area contributed by atoms with Crippen LogP contribution in [0.3, 0.4) is 0 Å². The van der Waals surface area contributed by atoms with E-state index in [2.05, 4.69) is 21.2 Å². The molecule has 2 nitrogen and oxygen atoms in total. The maximum Gasteiger partial charge on any atom is 0.326 e. The van der Waals surface area contributed by atoms with Gasteiger partial charge in [0.25, 0.3) is 0 Å². The number of benzene rings is 1. The SMILES string of the molecule is CCCNC(c1cc(Br)ccc1OCC)C(F)(F)C(F)F. The topological polar surface area (TPSA) is 21.3 Å². The van der Waals surface area contributed by atoms with Crippen LogP contribution in [0.1, 0.15) is 31.9 Å². The molecule has 1 aromatic rings. The Morgan fingerprint density at radius 1 is 1.29 bits per heavy atom. The average Bonchev–Trinajstić information content (AvgIpc) is 2.41. The van der Waals surface area contributed by atoms with Crippen molar-refractivity contribution >= 4 is 15.9 Å². The molecule has 0 spiro atoms. The van der Waals surface area contributed by atoms with Gasteiger partial charge >= 0.3 is 12.3 Å². The number of nitrogens with one attached hydrogen (secondary N) is 1. The van der Waals surface area contributed by atoms with Crippen molar-refractivity contribution in [1.82, 2.24) is 5.32 Å². The Balaban J connectivity index is 3.27. The Morgan fingerprint density at radius 3 is 2.48 bits per heavy atom. The molecule has 0 saturated heterocycles. The molecule has 0 fully saturated rings. The van der Waals surface area contributed by atoms with E-state index in [0.29, 0.717) is 10.9 Å². The molecule has 0 bridgehead atoms. The van der Waals surface area contributed by atoms with Gasteiger partial charge in [0, 0.05) is 10.0 Å². The standard InChI is InChI=1S/C14H18BrF4NO/c1-3-7-20-12(14(18,19)13(16)17)10-8-9(15)5-6-11(10)21-4-2/h5-6,8,12-13,20H,3-4,7H2,1-2H3. The van der Waals surface area contributed by atoms with Crippen molar-refractivity contribution in [1.29, 1.82) is 0 Å². The summed E-state index contributed by atoms with van der Waals surface area (Å²) >= 11 is 3.17. The van der Waals surface area contributed by atoms with Gasteiger partial charge in [-0.3, -0.25) is 0 Å². The summed E-state index contributed by atoms with van der Waals surface area (Å²) in [5.74, 6) is -4.02. The molecule has 1 unspecified atom stereocenters. The summed E-state index contributed by atoms with van der Waals surface area (Å²) in [5.41, 5.74) is 0.0185. The molecule has 1 atom stereocenters. The second-order valence-corrected chi connectivity index (χ2v) is 5.39. The lowest BCUT2D eigenvalue weighted by Crippen LogP contribution is -2.43. The number of alkyl halides is 4. The highest BCUT2D eigenvalue weighted by molar-refractivity contribution is 9.10. The van der Waals surface area contributed by atoms with Gasteiger partial charge in [0.2, 0.25) is 0 Å². The van der Waals surface area contributed by atoms with E-state index in [1.165, 1.54) is 12.1 Å². The van der Waals surface area contributed by atoms with Crippen molar-refractivity contribution in [2.45, 2.75) is 38.7 Å². The van der Waals surface area contributed by atoms with E-state index in [4.69, 9.17) is 4.74 Å². The minimum Gasteiger partial charge on any atom is -0.494 e. The fraction of sp³-hybridized carbons (Fsp3) is 0.571. The third kappa shape index (κ3) is 4.57. The molecule has 0 aliphatic carbocycles. The van der Waals surface area contributed by atoms with Crippen LogP contribution in [0.4, 0.5) is 17.6 Å². The van der Waals surface area contributed by atoms with Crippen molar-refractivity contribution in [3.8, 4) is 5.75 Å². The molecule has 0 saturated carbocycles. The third-order valence-electron chi connectivity index (χ3n) is 2.86. The van der Waals surface area contributed by atoms with E-state index in [1.54, 1.807) is 19.9 Å². The van der Waals surface area contributed by atoms with Gasteiger partial charge in [-0.25, -0.2) is 8.78 Å². The van der Waals surface area contributed by atoms with Crippen molar-refractivity contribution in [3.63, 3.8) is 0 Å². The molecule has 1 rings (SSSR count). The molecule has 1 N–H and O–H groups in total. The zero-order chi connectivity index (χ0) is 16.0. The lowest BCUT2D eigenvalue weighted by molar-refractivity contribution is -0.151. The maximum atomic E-state index is 13.9. The molecule has 0 aliphatic heterocycles. The van der Waals surface area contributed by atoms with E-state index < -0.39 is 18.4 Å². The zero-order valence-corrected chi connectivity index (χ0v) is 13.4. The van der Waals surface area contributed by atoms with E-state index >= 15 is 0 Å². The minimum atomic E-state index is -4.19. The fourth-order valence-electron chi connectivity index (χ4n) is 1.90. The Bertz CT molecular complexity index is 457. The van der Waals surface area contributed by atoms with Gasteiger partial charge in [-0.1, -0.05) is 22.9 Å². The van der Waals surface area contributed by atoms with E-state index in [0.717, 1.165) is 0 Å². The fourth-order valence-corrected chi connectivity index (χ4v) is 2.28. The smallest absolute Gasteiger partial charge is 0.326 e. The minimum absolute atomic E-state index is 0.0185. The van der Waals surface area contributed by atoms with Crippen molar-refractivity contribution in [2.75, 3.05) is 13.2 Å². The molecule has 0 aromatic heterocycles. The largest absolute Gasteiger partial charge is 0.494 e. The molecule has 0 radical (unpaired) electrons. The first-order chi connectivity index (χ1) is 9.84.